The number of carbonyl (C=O) groups excluding carboxylic acids is 4. The lowest BCUT2D eigenvalue weighted by molar-refractivity contribution is -0.194. The van der Waals surface area contributed by atoms with Gasteiger partial charge in [-0.05, 0) is 97.8 Å². The summed E-state index contributed by atoms with van der Waals surface area (Å²) in [6.07, 6.45) is 0.952. The Labute approximate surface area is 268 Å². The van der Waals surface area contributed by atoms with Crippen LogP contribution in [0.25, 0.3) is 0 Å². The van der Waals surface area contributed by atoms with Gasteiger partial charge < -0.3 is 15.3 Å². The van der Waals surface area contributed by atoms with E-state index in [1.165, 1.54) is 27.7 Å². The minimum absolute atomic E-state index is 0.0619. The van der Waals surface area contributed by atoms with Gasteiger partial charge >= 0.3 is 0 Å². The third-order valence-corrected chi connectivity index (χ3v) is 11.8. The molecule has 0 spiro atoms. The van der Waals surface area contributed by atoms with Crippen molar-refractivity contribution < 1.29 is 34.5 Å². The largest absolute Gasteiger partial charge is 0.390 e. The minimum atomic E-state index is -2.38. The lowest BCUT2D eigenvalue weighted by Gasteiger charge is -2.62. The quantitative estimate of drug-likeness (QED) is 0.161. The van der Waals surface area contributed by atoms with E-state index in [1.807, 2.05) is 40.7 Å². The van der Waals surface area contributed by atoms with Crippen LogP contribution in [0.3, 0.4) is 0 Å². The standard InChI is InChI=1S/C38H52O7/c1-22(2)16-17-25(23(3)4)19-36-20-26-18-27(34(7,8)44)38(31(36)42,29(40)24-14-12-11-13-15-24)32(43)37(30(36)41,33(26,5)6)21-28(39)35(9,10)45/h11-16,25-28,39,44-45H,3,17-21H2,1-2,4-10H3/t25-,26+,27-,28+,36?,37+,38+/m0/s1. The van der Waals surface area contributed by atoms with Gasteiger partial charge in [0.05, 0.1) is 28.1 Å². The number of Topliss-reactive ketones (excluding diaryl/α,β-unsaturated/α-hetero) is 4. The summed E-state index contributed by atoms with van der Waals surface area (Å²) in [5.74, 6) is -4.75. The van der Waals surface area contributed by atoms with Crippen LogP contribution in [0.5, 0.6) is 0 Å². The summed E-state index contributed by atoms with van der Waals surface area (Å²) in [4.78, 5) is 61.5. The average Bonchev–Trinajstić information content (AvgIpc) is 3.06. The summed E-state index contributed by atoms with van der Waals surface area (Å²) in [6.45, 7) is 19.5. The van der Waals surface area contributed by atoms with Gasteiger partial charge in [-0.1, -0.05) is 68.0 Å². The monoisotopic (exact) mass is 620 g/mol. The average molecular weight is 621 g/mol. The fraction of sp³-hybridized carbons (Fsp3) is 0.632. The van der Waals surface area contributed by atoms with E-state index in [2.05, 4.69) is 6.58 Å². The summed E-state index contributed by atoms with van der Waals surface area (Å²) in [6, 6.07) is 8.16. The van der Waals surface area contributed by atoms with Crippen molar-refractivity contribution in [1.82, 2.24) is 0 Å². The molecule has 4 bridgehead atoms. The van der Waals surface area contributed by atoms with Gasteiger partial charge in [-0.2, -0.15) is 0 Å². The van der Waals surface area contributed by atoms with Crippen LogP contribution in [0.1, 0.15) is 105 Å². The lowest BCUT2D eigenvalue weighted by atomic mass is 9.36. The highest BCUT2D eigenvalue weighted by atomic mass is 16.3. The van der Waals surface area contributed by atoms with Crippen LogP contribution in [-0.2, 0) is 14.4 Å². The number of ketones is 4. The summed E-state index contributed by atoms with van der Waals surface area (Å²) < 4.78 is 0. The zero-order valence-corrected chi connectivity index (χ0v) is 28.5. The van der Waals surface area contributed by atoms with Gasteiger partial charge in [-0.3, -0.25) is 19.2 Å². The molecule has 0 amide bonds. The molecule has 7 atom stereocenters. The molecule has 5 rings (SSSR count). The van der Waals surface area contributed by atoms with Crippen molar-refractivity contribution in [2.45, 2.75) is 112 Å². The van der Waals surface area contributed by atoms with E-state index in [9.17, 15) is 15.3 Å². The Bertz CT molecular complexity index is 1430. The van der Waals surface area contributed by atoms with E-state index >= 15 is 19.2 Å². The maximum atomic E-state index is 15.6. The van der Waals surface area contributed by atoms with Crippen molar-refractivity contribution in [2.75, 3.05) is 0 Å². The second kappa shape index (κ2) is 11.2. The van der Waals surface area contributed by atoms with Crippen molar-refractivity contribution in [3.8, 4) is 0 Å². The van der Waals surface area contributed by atoms with E-state index in [-0.39, 0.29) is 30.7 Å². The number of carbonyl (C=O) groups is 4. The lowest BCUT2D eigenvalue weighted by Crippen LogP contribution is -2.76. The Kier molecular flexibility index (Phi) is 8.74. The molecule has 1 aromatic carbocycles. The predicted molar refractivity (Wildman–Crippen MR) is 173 cm³/mol. The van der Waals surface area contributed by atoms with Gasteiger partial charge in [0, 0.05) is 11.5 Å². The summed E-state index contributed by atoms with van der Waals surface area (Å²) in [5, 5.41) is 34.2. The molecule has 0 aliphatic heterocycles. The SMILES string of the molecule is C=C(C)[C@@H](CC=C(C)C)CC12C[C@H]3C[C@@H](C(C)(C)O)[C@@](C(=O)c4ccccc4)(C1=O)C(=O)[C@@](C[C@@H](O)C(C)(C)O)(C2=O)C3(C)C. The molecule has 4 aliphatic rings. The van der Waals surface area contributed by atoms with Crippen LogP contribution >= 0.6 is 0 Å². The predicted octanol–water partition coefficient (Wildman–Crippen LogP) is 5.85. The van der Waals surface area contributed by atoms with E-state index in [1.54, 1.807) is 30.3 Å². The van der Waals surface area contributed by atoms with Crippen LogP contribution in [-0.4, -0.2) is 55.8 Å². The number of fused-ring (bicyclic) bond motifs is 1. The minimum Gasteiger partial charge on any atom is -0.390 e. The van der Waals surface area contributed by atoms with Crippen molar-refractivity contribution in [3.63, 3.8) is 0 Å². The first kappa shape index (κ1) is 35.1. The van der Waals surface area contributed by atoms with Crippen molar-refractivity contribution in [2.24, 2.45) is 39.4 Å². The molecule has 4 fully saturated rings. The fourth-order valence-corrected chi connectivity index (χ4v) is 8.90. The Hall–Kier alpha value is -2.74. The Morgan fingerprint density at radius 1 is 0.978 bits per heavy atom. The van der Waals surface area contributed by atoms with Crippen LogP contribution in [0.15, 0.2) is 54.1 Å². The van der Waals surface area contributed by atoms with Crippen LogP contribution < -0.4 is 0 Å². The third-order valence-electron chi connectivity index (χ3n) is 11.8. The normalized spacial score (nSPS) is 32.2. The molecule has 0 heterocycles. The molecular weight excluding hydrogens is 568 g/mol. The van der Waals surface area contributed by atoms with Gasteiger partial charge in [0.2, 0.25) is 0 Å². The van der Waals surface area contributed by atoms with Crippen LogP contribution in [0.2, 0.25) is 0 Å². The summed E-state index contributed by atoms with van der Waals surface area (Å²) in [5.41, 5.74) is -8.55. The maximum absolute atomic E-state index is 15.6. The van der Waals surface area contributed by atoms with E-state index in [0.717, 1.165) is 11.1 Å². The zero-order chi connectivity index (χ0) is 34.1. The van der Waals surface area contributed by atoms with E-state index in [0.29, 0.717) is 6.42 Å². The second-order valence-electron chi connectivity index (χ2n) is 16.2. The molecule has 1 unspecified atom stereocenters. The highest BCUT2D eigenvalue weighted by Gasteiger charge is 2.84. The van der Waals surface area contributed by atoms with Gasteiger partial charge in [0.25, 0.3) is 0 Å². The molecule has 0 aromatic heterocycles. The number of hydrogen-bond donors (Lipinski definition) is 3. The Morgan fingerprint density at radius 3 is 2.04 bits per heavy atom. The zero-order valence-electron chi connectivity index (χ0n) is 28.5. The molecule has 7 heteroatoms. The van der Waals surface area contributed by atoms with E-state index < -0.39 is 80.4 Å². The maximum Gasteiger partial charge on any atom is 0.184 e. The number of benzene rings is 1. The van der Waals surface area contributed by atoms with E-state index in [4.69, 9.17) is 0 Å². The molecular formula is C38H52O7. The molecule has 4 aliphatic carbocycles. The third kappa shape index (κ3) is 5.05. The highest BCUT2D eigenvalue weighted by molar-refractivity contribution is 6.42. The second-order valence-corrected chi connectivity index (χ2v) is 16.2. The van der Waals surface area contributed by atoms with Gasteiger partial charge in [0.15, 0.2) is 28.5 Å². The molecule has 3 N–H and O–H groups in total. The number of rotatable bonds is 11. The van der Waals surface area contributed by atoms with Crippen LogP contribution in [0, 0.1) is 39.4 Å². The number of allylic oxidation sites excluding steroid dienone is 3. The molecule has 246 valence electrons. The first-order chi connectivity index (χ1) is 20.5. The number of hydrogen-bond acceptors (Lipinski definition) is 7. The number of aliphatic hydroxyl groups excluding tert-OH is 1. The van der Waals surface area contributed by atoms with Gasteiger partial charge in [-0.25, -0.2) is 0 Å². The smallest absolute Gasteiger partial charge is 0.184 e. The summed E-state index contributed by atoms with van der Waals surface area (Å²) in [7, 11) is 0. The molecule has 4 saturated carbocycles. The molecule has 0 radical (unpaired) electrons. The molecule has 0 saturated heterocycles. The molecule has 7 nitrogen and oxygen atoms in total. The van der Waals surface area contributed by atoms with Crippen molar-refractivity contribution >= 4 is 23.1 Å². The van der Waals surface area contributed by atoms with Crippen molar-refractivity contribution in [1.29, 1.82) is 0 Å². The Morgan fingerprint density at radius 2 is 1.56 bits per heavy atom. The number of aliphatic hydroxyl groups is 3. The Balaban J connectivity index is 2.16. The highest BCUT2D eigenvalue weighted by Crippen LogP contribution is 2.73. The van der Waals surface area contributed by atoms with Crippen LogP contribution in [0.4, 0.5) is 0 Å². The first-order valence-corrected chi connectivity index (χ1v) is 16.2. The summed E-state index contributed by atoms with van der Waals surface area (Å²) >= 11 is 0. The molecule has 1 aromatic rings. The molecule has 45 heavy (non-hydrogen) atoms. The first-order valence-electron chi connectivity index (χ1n) is 16.2. The van der Waals surface area contributed by atoms with Gasteiger partial charge in [-0.15, -0.1) is 0 Å². The fourth-order valence-electron chi connectivity index (χ4n) is 8.90. The van der Waals surface area contributed by atoms with Gasteiger partial charge in [0.1, 0.15) is 0 Å². The topological polar surface area (TPSA) is 129 Å². The van der Waals surface area contributed by atoms with Crippen molar-refractivity contribution in [3.05, 3.63) is 59.7 Å².